The summed E-state index contributed by atoms with van der Waals surface area (Å²) in [4.78, 5) is -0.0666. The molecule has 26 heavy (non-hydrogen) atoms. The summed E-state index contributed by atoms with van der Waals surface area (Å²) in [6, 6.07) is 8.89. The van der Waals surface area contributed by atoms with E-state index < -0.39 is 21.8 Å². The van der Waals surface area contributed by atoms with Gasteiger partial charge in [-0.2, -0.15) is 13.5 Å². The molecule has 8 nitrogen and oxygen atoms in total. The molecule has 2 aromatic carbocycles. The number of guanidine groups is 1. The number of nitrogens with one attached hydrogen (secondary N) is 1. The van der Waals surface area contributed by atoms with E-state index in [0.717, 1.165) is 30.0 Å². The maximum Gasteiger partial charge on any atom is 0.294 e. The van der Waals surface area contributed by atoms with Crippen molar-refractivity contribution in [2.45, 2.75) is 11.8 Å². The van der Waals surface area contributed by atoms with Crippen molar-refractivity contribution in [1.29, 1.82) is 0 Å². The van der Waals surface area contributed by atoms with Crippen LogP contribution in [0.2, 0.25) is 0 Å². The third kappa shape index (κ3) is 7.34. The molecule has 5 N–H and O–H groups in total. The quantitative estimate of drug-likeness (QED) is 0.275. The Hall–Kier alpha value is -2.89. The van der Waals surface area contributed by atoms with E-state index in [0.29, 0.717) is 0 Å². The summed E-state index contributed by atoms with van der Waals surface area (Å²) in [5.41, 5.74) is 7.43. The second-order valence-electron chi connectivity index (χ2n) is 4.80. The zero-order valence-electron chi connectivity index (χ0n) is 13.5. The van der Waals surface area contributed by atoms with Crippen LogP contribution < -0.4 is 11.2 Å². The Bertz CT molecular complexity index is 900. The first-order valence-corrected chi connectivity index (χ1v) is 8.33. The van der Waals surface area contributed by atoms with E-state index in [1.54, 1.807) is 12.1 Å². The first-order chi connectivity index (χ1) is 12.1. The molecule has 0 aromatic heterocycles. The van der Waals surface area contributed by atoms with Gasteiger partial charge in [0.15, 0.2) is 0 Å². The fraction of sp³-hybridized carbons (Fsp3) is 0.0667. The van der Waals surface area contributed by atoms with Crippen LogP contribution in [-0.4, -0.2) is 30.4 Å². The number of halogens is 2. The van der Waals surface area contributed by atoms with Crippen molar-refractivity contribution < 1.29 is 27.0 Å². The van der Waals surface area contributed by atoms with E-state index in [2.05, 4.69) is 10.2 Å². The van der Waals surface area contributed by atoms with Gasteiger partial charge in [0.1, 0.15) is 11.6 Å². The summed E-state index contributed by atoms with van der Waals surface area (Å²) in [6.07, 6.45) is 0.975. The molecule has 0 atom stereocenters. The molecule has 2 aromatic rings. The van der Waals surface area contributed by atoms with Crippen LogP contribution in [0.25, 0.3) is 0 Å². The van der Waals surface area contributed by atoms with E-state index in [9.17, 15) is 17.2 Å². The van der Waals surface area contributed by atoms with Gasteiger partial charge in [-0.05, 0) is 37.3 Å². The highest BCUT2D eigenvalue weighted by molar-refractivity contribution is 7.85. The van der Waals surface area contributed by atoms with E-state index in [4.69, 9.17) is 15.5 Å². The number of hydrogen-bond acceptors (Lipinski definition) is 5. The molecular formula is C15H16F2N4O4S. The van der Waals surface area contributed by atoms with Crippen LogP contribution in [0, 0.1) is 18.6 Å². The largest absolute Gasteiger partial charge is 0.367 e. The van der Waals surface area contributed by atoms with Gasteiger partial charge in [-0.25, -0.2) is 14.3 Å². The Labute approximate surface area is 148 Å². The van der Waals surface area contributed by atoms with Gasteiger partial charge < -0.3 is 5.73 Å². The average molecular weight is 386 g/mol. The molecule has 2 rings (SSSR count). The zero-order valence-corrected chi connectivity index (χ0v) is 14.3. The van der Waals surface area contributed by atoms with Gasteiger partial charge >= 0.3 is 0 Å². The van der Waals surface area contributed by atoms with Gasteiger partial charge in [-0.15, -0.1) is 5.10 Å². The van der Waals surface area contributed by atoms with Gasteiger partial charge in [-0.1, -0.05) is 17.7 Å². The van der Waals surface area contributed by atoms with E-state index >= 15 is 0 Å². The van der Waals surface area contributed by atoms with Crippen molar-refractivity contribution in [2.75, 3.05) is 0 Å². The molecule has 0 heterocycles. The first-order valence-electron chi connectivity index (χ1n) is 6.89. The minimum atomic E-state index is -4.02. The lowest BCUT2D eigenvalue weighted by atomic mass is 10.2. The number of rotatable bonds is 3. The van der Waals surface area contributed by atoms with E-state index in [1.807, 2.05) is 6.92 Å². The number of hydrogen-bond donors (Lipinski definition) is 4. The molecule has 0 bridgehead atoms. The number of benzene rings is 2. The average Bonchev–Trinajstić information content (AvgIpc) is 2.58. The summed E-state index contributed by atoms with van der Waals surface area (Å²) >= 11 is 0. The van der Waals surface area contributed by atoms with E-state index in [-0.39, 0.29) is 16.4 Å². The fourth-order valence-electron chi connectivity index (χ4n) is 1.50. The van der Waals surface area contributed by atoms with Crippen molar-refractivity contribution in [3.63, 3.8) is 0 Å². The summed E-state index contributed by atoms with van der Waals surface area (Å²) < 4.78 is 55.2. The van der Waals surface area contributed by atoms with Crippen LogP contribution in [0.15, 0.2) is 57.6 Å². The number of hydroxylamine groups is 1. The highest BCUT2D eigenvalue weighted by Crippen LogP contribution is 2.08. The first kappa shape index (κ1) is 21.2. The molecule has 0 saturated carbocycles. The standard InChI is InChI=1S/C8H8F2N4O.C7H8O3S/c9-6-1-2-7(10)5(3-6)4-12-13-8(11)14-15;1-6-2-4-7(5-3-6)11(8,9)10/h1-4,15H,(H3,11,13,14);2-5H,1H3,(H,8,9,10). The summed E-state index contributed by atoms with van der Waals surface area (Å²) in [6.45, 7) is 1.84. The summed E-state index contributed by atoms with van der Waals surface area (Å²) in [7, 11) is -4.02. The van der Waals surface area contributed by atoms with E-state index in [1.165, 1.54) is 17.6 Å². The molecule has 0 radical (unpaired) electrons. The summed E-state index contributed by atoms with van der Waals surface area (Å²) in [5, 5.41) is 14.8. The Morgan fingerprint density at radius 3 is 2.35 bits per heavy atom. The molecule has 0 saturated heterocycles. The van der Waals surface area contributed by atoms with Gasteiger partial charge in [-0.3, -0.25) is 9.76 Å². The van der Waals surface area contributed by atoms with Gasteiger partial charge in [0.25, 0.3) is 10.1 Å². The van der Waals surface area contributed by atoms with Gasteiger partial charge in [0, 0.05) is 5.56 Å². The molecule has 0 aliphatic heterocycles. The molecular weight excluding hydrogens is 370 g/mol. The van der Waals surface area contributed by atoms with Crippen molar-refractivity contribution in [3.8, 4) is 0 Å². The van der Waals surface area contributed by atoms with Crippen molar-refractivity contribution in [2.24, 2.45) is 15.9 Å². The van der Waals surface area contributed by atoms with Crippen LogP contribution >= 0.6 is 0 Å². The van der Waals surface area contributed by atoms with Crippen LogP contribution in [0.4, 0.5) is 8.78 Å². The predicted molar refractivity (Wildman–Crippen MR) is 91.5 cm³/mol. The highest BCUT2D eigenvalue weighted by Gasteiger charge is 2.06. The fourth-order valence-corrected chi connectivity index (χ4v) is 1.98. The second-order valence-corrected chi connectivity index (χ2v) is 6.22. The molecule has 0 fully saturated rings. The number of nitrogens with zero attached hydrogens (tertiary/aromatic N) is 2. The number of aryl methyl sites for hydroxylation is 1. The zero-order chi connectivity index (χ0) is 19.7. The van der Waals surface area contributed by atoms with Crippen LogP contribution in [0.3, 0.4) is 0 Å². The lowest BCUT2D eigenvalue weighted by molar-refractivity contribution is 0.232. The lowest BCUT2D eigenvalue weighted by Crippen LogP contribution is -2.27. The Balaban J connectivity index is 0.000000273. The maximum absolute atomic E-state index is 13.0. The smallest absolute Gasteiger partial charge is 0.294 e. The third-order valence-corrected chi connectivity index (χ3v) is 3.62. The molecule has 0 aliphatic carbocycles. The van der Waals surface area contributed by atoms with Gasteiger partial charge in [0.05, 0.1) is 11.1 Å². The second kappa shape index (κ2) is 9.56. The Morgan fingerprint density at radius 2 is 1.81 bits per heavy atom. The minimum Gasteiger partial charge on any atom is -0.367 e. The van der Waals surface area contributed by atoms with Gasteiger partial charge in [0.2, 0.25) is 5.96 Å². The SMILES string of the molecule is Cc1ccc(S(=O)(=O)O)cc1.NC(=NN=Cc1cc(F)ccc1F)NO. The molecule has 140 valence electrons. The Morgan fingerprint density at radius 1 is 1.19 bits per heavy atom. The predicted octanol–water partition coefficient (Wildman–Crippen LogP) is 1.83. The third-order valence-electron chi connectivity index (χ3n) is 2.75. The normalized spacial score (nSPS) is 11.8. The van der Waals surface area contributed by atoms with Crippen molar-refractivity contribution in [1.82, 2.24) is 5.48 Å². The molecule has 0 amide bonds. The summed E-state index contributed by atoms with van der Waals surface area (Å²) in [5.74, 6) is -1.58. The highest BCUT2D eigenvalue weighted by atomic mass is 32.2. The molecule has 0 aliphatic rings. The van der Waals surface area contributed by atoms with Crippen LogP contribution in [0.1, 0.15) is 11.1 Å². The minimum absolute atomic E-state index is 0.0653. The number of nitrogens with two attached hydrogens (primary N) is 1. The van der Waals surface area contributed by atoms with Crippen LogP contribution in [0.5, 0.6) is 0 Å². The molecule has 0 unspecified atom stereocenters. The maximum atomic E-state index is 13.0. The molecule has 11 heteroatoms. The van der Waals surface area contributed by atoms with Crippen molar-refractivity contribution in [3.05, 3.63) is 65.2 Å². The van der Waals surface area contributed by atoms with Crippen molar-refractivity contribution >= 4 is 22.3 Å². The van der Waals surface area contributed by atoms with Crippen LogP contribution in [-0.2, 0) is 10.1 Å². The topological polar surface area (TPSA) is 137 Å². The lowest BCUT2D eigenvalue weighted by Gasteiger charge is -1.95. The Kier molecular flexibility index (Phi) is 7.77. The monoisotopic (exact) mass is 386 g/mol. The molecule has 0 spiro atoms.